The second-order valence-electron chi connectivity index (χ2n) is 7.52. The maximum Gasteiger partial charge on any atom is 0.274 e. The summed E-state index contributed by atoms with van der Waals surface area (Å²) in [6, 6.07) is 7.64. The molecule has 0 atom stereocenters. The molecule has 9 nitrogen and oxygen atoms in total. The first kappa shape index (κ1) is 19.1. The van der Waals surface area contributed by atoms with Crippen LogP contribution in [0.25, 0.3) is 5.69 Å². The molecule has 1 aromatic carbocycles. The first-order valence-electron chi connectivity index (χ1n) is 9.91. The van der Waals surface area contributed by atoms with Crippen LogP contribution < -0.4 is 0 Å². The van der Waals surface area contributed by atoms with Crippen LogP contribution in [0.3, 0.4) is 0 Å². The number of non-ortho nitro benzene ring substituents is 1. The fourth-order valence-corrected chi connectivity index (χ4v) is 4.00. The van der Waals surface area contributed by atoms with E-state index in [9.17, 15) is 19.7 Å². The number of carbonyl (C=O) groups is 2. The van der Waals surface area contributed by atoms with Crippen LogP contribution in [0.4, 0.5) is 5.69 Å². The molecule has 0 aliphatic carbocycles. The number of nitro benzene ring substituents is 1. The standard InChI is InChI=1S/C20H23N5O4/c26-19(22-10-1-2-11-22)15-7-12-23(13-8-15)20(27)18-9-14-24(21-18)16-3-5-17(6-4-16)25(28)29/h3-6,9,14-15H,1-2,7-8,10-13H2. The highest BCUT2D eigenvalue weighted by Gasteiger charge is 2.32. The van der Waals surface area contributed by atoms with Crippen molar-refractivity contribution in [1.82, 2.24) is 19.6 Å². The summed E-state index contributed by atoms with van der Waals surface area (Å²) in [4.78, 5) is 39.3. The van der Waals surface area contributed by atoms with Gasteiger partial charge in [-0.25, -0.2) is 4.68 Å². The first-order chi connectivity index (χ1) is 14.0. The van der Waals surface area contributed by atoms with E-state index in [1.54, 1.807) is 29.3 Å². The lowest BCUT2D eigenvalue weighted by atomic mass is 9.95. The quantitative estimate of drug-likeness (QED) is 0.582. The van der Waals surface area contributed by atoms with Crippen molar-refractivity contribution in [2.75, 3.05) is 26.2 Å². The fraction of sp³-hybridized carbons (Fsp3) is 0.450. The molecule has 0 saturated carbocycles. The molecule has 152 valence electrons. The summed E-state index contributed by atoms with van der Waals surface area (Å²) in [6.45, 7) is 2.82. The summed E-state index contributed by atoms with van der Waals surface area (Å²) < 4.78 is 1.53. The van der Waals surface area contributed by atoms with E-state index in [-0.39, 0.29) is 23.4 Å². The second-order valence-corrected chi connectivity index (χ2v) is 7.52. The van der Waals surface area contributed by atoms with Gasteiger partial charge in [0.25, 0.3) is 11.6 Å². The summed E-state index contributed by atoms with van der Waals surface area (Å²) in [6.07, 6.45) is 5.20. The molecule has 0 spiro atoms. The number of benzene rings is 1. The van der Waals surface area contributed by atoms with Gasteiger partial charge in [-0.2, -0.15) is 5.10 Å². The summed E-state index contributed by atoms with van der Waals surface area (Å²) in [5.74, 6) is 0.0876. The fourth-order valence-electron chi connectivity index (χ4n) is 4.00. The van der Waals surface area contributed by atoms with Gasteiger partial charge in [-0.15, -0.1) is 0 Å². The number of amides is 2. The number of nitrogens with zero attached hydrogens (tertiary/aromatic N) is 5. The first-order valence-corrected chi connectivity index (χ1v) is 9.91. The van der Waals surface area contributed by atoms with Crippen molar-refractivity contribution in [3.8, 4) is 5.69 Å². The topological polar surface area (TPSA) is 102 Å². The highest BCUT2D eigenvalue weighted by atomic mass is 16.6. The zero-order valence-electron chi connectivity index (χ0n) is 16.1. The van der Waals surface area contributed by atoms with E-state index in [4.69, 9.17) is 0 Å². The van der Waals surface area contributed by atoms with Crippen molar-refractivity contribution >= 4 is 17.5 Å². The summed E-state index contributed by atoms with van der Waals surface area (Å²) in [5.41, 5.74) is 0.973. The van der Waals surface area contributed by atoms with E-state index in [1.807, 2.05) is 4.90 Å². The molecule has 0 radical (unpaired) electrons. The summed E-state index contributed by atoms with van der Waals surface area (Å²) in [5, 5.41) is 15.1. The van der Waals surface area contributed by atoms with Crippen molar-refractivity contribution in [2.45, 2.75) is 25.7 Å². The molecule has 2 amide bonds. The monoisotopic (exact) mass is 397 g/mol. The molecular weight excluding hydrogens is 374 g/mol. The molecule has 2 fully saturated rings. The number of rotatable bonds is 4. The Morgan fingerprint density at radius 2 is 1.62 bits per heavy atom. The average Bonchev–Trinajstić information content (AvgIpc) is 3.45. The van der Waals surface area contributed by atoms with Gasteiger partial charge in [-0.1, -0.05) is 0 Å². The summed E-state index contributed by atoms with van der Waals surface area (Å²) >= 11 is 0. The van der Waals surface area contributed by atoms with Gasteiger partial charge >= 0.3 is 0 Å². The average molecular weight is 397 g/mol. The molecule has 0 N–H and O–H groups in total. The Morgan fingerprint density at radius 1 is 0.966 bits per heavy atom. The zero-order chi connectivity index (χ0) is 20.4. The van der Waals surface area contributed by atoms with Crippen molar-refractivity contribution in [2.24, 2.45) is 5.92 Å². The molecular formula is C20H23N5O4. The smallest absolute Gasteiger partial charge is 0.274 e. The van der Waals surface area contributed by atoms with Gasteiger partial charge < -0.3 is 9.80 Å². The second kappa shape index (κ2) is 8.02. The third kappa shape index (κ3) is 3.98. The van der Waals surface area contributed by atoms with E-state index in [2.05, 4.69) is 5.10 Å². The van der Waals surface area contributed by atoms with E-state index < -0.39 is 4.92 Å². The summed E-state index contributed by atoms with van der Waals surface area (Å²) in [7, 11) is 0. The van der Waals surface area contributed by atoms with Crippen LogP contribution in [0.5, 0.6) is 0 Å². The van der Waals surface area contributed by atoms with Gasteiger partial charge in [0.05, 0.1) is 10.6 Å². The molecule has 2 aromatic rings. The van der Waals surface area contributed by atoms with Crippen molar-refractivity contribution in [1.29, 1.82) is 0 Å². The van der Waals surface area contributed by atoms with Gasteiger partial charge in [0.2, 0.25) is 5.91 Å². The minimum atomic E-state index is -0.458. The Morgan fingerprint density at radius 3 is 2.24 bits per heavy atom. The molecule has 2 aliphatic heterocycles. The minimum Gasteiger partial charge on any atom is -0.342 e. The Balaban J connectivity index is 1.37. The molecule has 2 aliphatic rings. The van der Waals surface area contributed by atoms with Crippen molar-refractivity contribution < 1.29 is 14.5 Å². The number of hydrogen-bond acceptors (Lipinski definition) is 5. The number of nitro groups is 1. The predicted molar refractivity (Wildman–Crippen MR) is 105 cm³/mol. The maximum atomic E-state index is 12.8. The zero-order valence-corrected chi connectivity index (χ0v) is 16.1. The van der Waals surface area contributed by atoms with E-state index in [0.29, 0.717) is 37.3 Å². The Bertz CT molecular complexity index is 909. The lowest BCUT2D eigenvalue weighted by Crippen LogP contribution is -2.43. The molecule has 2 saturated heterocycles. The minimum absolute atomic E-state index is 0.00329. The van der Waals surface area contributed by atoms with E-state index >= 15 is 0 Å². The Labute approximate surface area is 168 Å². The lowest BCUT2D eigenvalue weighted by molar-refractivity contribution is -0.384. The number of carbonyl (C=O) groups excluding carboxylic acids is 2. The molecule has 4 rings (SSSR count). The molecule has 29 heavy (non-hydrogen) atoms. The van der Waals surface area contributed by atoms with Gasteiger partial charge in [-0.3, -0.25) is 19.7 Å². The molecule has 9 heteroatoms. The van der Waals surface area contributed by atoms with Gasteiger partial charge in [0.1, 0.15) is 0 Å². The predicted octanol–water partition coefficient (Wildman–Crippen LogP) is 2.26. The van der Waals surface area contributed by atoms with Gasteiger partial charge in [-0.05, 0) is 43.9 Å². The number of aromatic nitrogens is 2. The molecule has 0 unspecified atom stereocenters. The number of hydrogen-bond donors (Lipinski definition) is 0. The van der Waals surface area contributed by atoms with Gasteiger partial charge in [0, 0.05) is 50.4 Å². The van der Waals surface area contributed by atoms with Crippen LogP contribution in [-0.2, 0) is 4.79 Å². The van der Waals surface area contributed by atoms with Crippen molar-refractivity contribution in [3.63, 3.8) is 0 Å². The van der Waals surface area contributed by atoms with Gasteiger partial charge in [0.15, 0.2) is 5.69 Å². The molecule has 1 aromatic heterocycles. The molecule has 0 bridgehead atoms. The van der Waals surface area contributed by atoms with Crippen LogP contribution in [0, 0.1) is 16.0 Å². The maximum absolute atomic E-state index is 12.8. The van der Waals surface area contributed by atoms with Crippen LogP contribution >= 0.6 is 0 Å². The highest BCUT2D eigenvalue weighted by Crippen LogP contribution is 2.23. The van der Waals surface area contributed by atoms with Crippen LogP contribution in [0.15, 0.2) is 36.5 Å². The Kier molecular flexibility index (Phi) is 5.28. The molecule has 3 heterocycles. The third-order valence-electron chi connectivity index (χ3n) is 5.68. The van der Waals surface area contributed by atoms with E-state index in [1.165, 1.54) is 16.8 Å². The number of likely N-dealkylation sites (tertiary alicyclic amines) is 2. The van der Waals surface area contributed by atoms with Crippen LogP contribution in [0.1, 0.15) is 36.2 Å². The Hall–Kier alpha value is -3.23. The van der Waals surface area contributed by atoms with E-state index in [0.717, 1.165) is 25.9 Å². The number of piperidine rings is 1. The highest BCUT2D eigenvalue weighted by molar-refractivity contribution is 5.92. The SMILES string of the molecule is O=C(c1ccn(-c2ccc([N+](=O)[O-])cc2)n1)N1CCC(C(=O)N2CCCC2)CC1. The lowest BCUT2D eigenvalue weighted by Gasteiger charge is -2.32. The van der Waals surface area contributed by atoms with Crippen LogP contribution in [0.2, 0.25) is 0 Å². The van der Waals surface area contributed by atoms with Crippen molar-refractivity contribution in [3.05, 3.63) is 52.3 Å². The normalized spacial score (nSPS) is 17.5. The third-order valence-corrected chi connectivity index (χ3v) is 5.68. The van der Waals surface area contributed by atoms with Crippen LogP contribution in [-0.4, -0.2) is 62.5 Å². The largest absolute Gasteiger partial charge is 0.342 e.